The topological polar surface area (TPSA) is 119 Å². The lowest BCUT2D eigenvalue weighted by Gasteiger charge is -2.36. The van der Waals surface area contributed by atoms with E-state index in [1.807, 2.05) is 4.90 Å². The van der Waals surface area contributed by atoms with Gasteiger partial charge in [0.05, 0.1) is 22.7 Å². The number of carbonyl (C=O) groups is 2. The molecule has 1 saturated heterocycles. The van der Waals surface area contributed by atoms with Gasteiger partial charge in [-0.1, -0.05) is 31.5 Å². The van der Waals surface area contributed by atoms with Crippen LogP contribution in [0.25, 0.3) is 0 Å². The molecule has 1 heterocycles. The molecule has 1 amide bonds. The van der Waals surface area contributed by atoms with Crippen molar-refractivity contribution in [3.63, 3.8) is 0 Å². The molecule has 184 valence electrons. The fourth-order valence-corrected chi connectivity index (χ4v) is 5.21. The highest BCUT2D eigenvalue weighted by atomic mass is 32.2. The number of piperazine rings is 1. The number of benzene rings is 2. The van der Waals surface area contributed by atoms with Gasteiger partial charge in [0.25, 0.3) is 10.0 Å². The zero-order valence-corrected chi connectivity index (χ0v) is 20.4. The summed E-state index contributed by atoms with van der Waals surface area (Å²) in [6.45, 7) is 7.41. The Morgan fingerprint density at radius 3 is 2.41 bits per heavy atom. The molecule has 0 aliphatic carbocycles. The molecule has 0 radical (unpaired) electrons. The Hall–Kier alpha value is -3.11. The van der Waals surface area contributed by atoms with Crippen molar-refractivity contribution in [1.29, 1.82) is 0 Å². The van der Waals surface area contributed by atoms with Crippen molar-refractivity contribution < 1.29 is 23.1 Å². The first-order valence-corrected chi connectivity index (χ1v) is 12.9. The minimum atomic E-state index is -3.94. The molecule has 0 spiro atoms. The van der Waals surface area contributed by atoms with Crippen LogP contribution in [0.3, 0.4) is 0 Å². The Bertz CT molecular complexity index is 1130. The second kappa shape index (κ2) is 11.3. The number of aryl methyl sites for hydroxylation is 1. The lowest BCUT2D eigenvalue weighted by atomic mass is 10.1. The van der Waals surface area contributed by atoms with E-state index in [2.05, 4.69) is 21.9 Å². The van der Waals surface area contributed by atoms with Gasteiger partial charge in [-0.25, -0.2) is 13.2 Å². The van der Waals surface area contributed by atoms with Crippen LogP contribution in [0.1, 0.15) is 35.7 Å². The SMILES string of the molecule is CCCCNC(=O)CN1CCN(c2ccc(NS(=O)(=O)c3ccccc3C)c(C(=O)O)c2)CC1. The number of amides is 1. The molecule has 2 aromatic carbocycles. The van der Waals surface area contributed by atoms with Gasteiger partial charge >= 0.3 is 5.97 Å². The van der Waals surface area contributed by atoms with Crippen molar-refractivity contribution in [3.8, 4) is 0 Å². The number of rotatable bonds is 10. The minimum Gasteiger partial charge on any atom is -0.478 e. The van der Waals surface area contributed by atoms with Crippen molar-refractivity contribution in [2.45, 2.75) is 31.6 Å². The summed E-state index contributed by atoms with van der Waals surface area (Å²) in [4.78, 5) is 28.2. The molecule has 0 aromatic heterocycles. The Morgan fingerprint density at radius 1 is 1.06 bits per heavy atom. The number of carboxylic acid groups (broad SMARTS) is 1. The number of aromatic carboxylic acids is 1. The number of unbranched alkanes of at least 4 members (excludes halogenated alkanes) is 1. The molecule has 1 aliphatic heterocycles. The molecule has 0 atom stereocenters. The molecule has 1 fully saturated rings. The number of hydrogen-bond donors (Lipinski definition) is 3. The summed E-state index contributed by atoms with van der Waals surface area (Å²) in [5, 5.41) is 12.7. The van der Waals surface area contributed by atoms with Gasteiger partial charge in [-0.05, 0) is 43.2 Å². The van der Waals surface area contributed by atoms with Crippen LogP contribution in [0, 0.1) is 6.92 Å². The maximum Gasteiger partial charge on any atom is 0.337 e. The fourth-order valence-electron chi connectivity index (χ4n) is 3.88. The Kier molecular flexibility index (Phi) is 8.51. The summed E-state index contributed by atoms with van der Waals surface area (Å²) in [5.74, 6) is -1.20. The first-order valence-electron chi connectivity index (χ1n) is 11.4. The molecule has 34 heavy (non-hydrogen) atoms. The Balaban J connectivity index is 1.68. The largest absolute Gasteiger partial charge is 0.478 e. The van der Waals surface area contributed by atoms with Crippen LogP contribution in [0.15, 0.2) is 47.4 Å². The van der Waals surface area contributed by atoms with Gasteiger partial charge in [0.1, 0.15) is 0 Å². The third-order valence-electron chi connectivity index (χ3n) is 5.82. The molecule has 2 aromatic rings. The number of sulfonamides is 1. The highest BCUT2D eigenvalue weighted by molar-refractivity contribution is 7.92. The van der Waals surface area contributed by atoms with E-state index in [1.165, 1.54) is 18.2 Å². The van der Waals surface area contributed by atoms with E-state index < -0.39 is 16.0 Å². The zero-order valence-electron chi connectivity index (χ0n) is 19.6. The minimum absolute atomic E-state index is 0.0142. The van der Waals surface area contributed by atoms with E-state index in [9.17, 15) is 23.1 Å². The molecule has 10 heteroatoms. The number of nitrogens with one attached hydrogen (secondary N) is 2. The summed E-state index contributed by atoms with van der Waals surface area (Å²) >= 11 is 0. The van der Waals surface area contributed by atoms with E-state index in [0.717, 1.165) is 12.8 Å². The molecule has 3 N–H and O–H groups in total. The standard InChI is InChI=1S/C24H32N4O5S/c1-3-4-11-25-23(29)17-27-12-14-28(15-13-27)19-9-10-21(20(16-19)24(30)31)26-34(32,33)22-8-6-5-7-18(22)2/h5-10,16,26H,3-4,11-15,17H2,1-2H3,(H,25,29)(H,30,31). The maximum absolute atomic E-state index is 12.8. The van der Waals surface area contributed by atoms with Gasteiger partial charge in [-0.3, -0.25) is 14.4 Å². The van der Waals surface area contributed by atoms with Gasteiger partial charge in [-0.15, -0.1) is 0 Å². The van der Waals surface area contributed by atoms with Crippen LogP contribution in [-0.2, 0) is 14.8 Å². The highest BCUT2D eigenvalue weighted by Gasteiger charge is 2.23. The maximum atomic E-state index is 12.8. The highest BCUT2D eigenvalue weighted by Crippen LogP contribution is 2.27. The average Bonchev–Trinajstić information content (AvgIpc) is 2.80. The summed E-state index contributed by atoms with van der Waals surface area (Å²) in [7, 11) is -3.94. The molecule has 0 unspecified atom stereocenters. The monoisotopic (exact) mass is 488 g/mol. The summed E-state index contributed by atoms with van der Waals surface area (Å²) in [6.07, 6.45) is 1.99. The van der Waals surface area contributed by atoms with Crippen molar-refractivity contribution in [1.82, 2.24) is 10.2 Å². The zero-order chi connectivity index (χ0) is 24.7. The molecule has 9 nitrogen and oxygen atoms in total. The summed E-state index contributed by atoms with van der Waals surface area (Å²) in [6, 6.07) is 11.2. The smallest absolute Gasteiger partial charge is 0.337 e. The van der Waals surface area contributed by atoms with Crippen LogP contribution in [-0.4, -0.2) is 69.6 Å². The van der Waals surface area contributed by atoms with E-state index in [0.29, 0.717) is 50.5 Å². The van der Waals surface area contributed by atoms with Gasteiger partial charge < -0.3 is 15.3 Å². The van der Waals surface area contributed by atoms with Gasteiger partial charge in [0.2, 0.25) is 5.91 Å². The van der Waals surface area contributed by atoms with E-state index in [-0.39, 0.29) is 22.1 Å². The third kappa shape index (κ3) is 6.48. The number of carbonyl (C=O) groups excluding carboxylic acids is 1. The van der Waals surface area contributed by atoms with Crippen molar-refractivity contribution in [3.05, 3.63) is 53.6 Å². The molecule has 0 saturated carbocycles. The molecular formula is C24H32N4O5S. The third-order valence-corrected chi connectivity index (χ3v) is 7.34. The van der Waals surface area contributed by atoms with Crippen LogP contribution in [0.4, 0.5) is 11.4 Å². The summed E-state index contributed by atoms with van der Waals surface area (Å²) < 4.78 is 28.1. The van der Waals surface area contributed by atoms with Gasteiger partial charge in [-0.2, -0.15) is 0 Å². The van der Waals surface area contributed by atoms with Gasteiger partial charge in [0, 0.05) is 38.4 Å². The normalized spacial score (nSPS) is 14.6. The Morgan fingerprint density at radius 2 is 1.76 bits per heavy atom. The number of nitrogens with zero attached hydrogens (tertiary/aromatic N) is 2. The number of carboxylic acids is 1. The molecule has 0 bridgehead atoms. The van der Waals surface area contributed by atoms with E-state index in [4.69, 9.17) is 0 Å². The van der Waals surface area contributed by atoms with Crippen molar-refractivity contribution in [2.75, 3.05) is 48.9 Å². The van der Waals surface area contributed by atoms with Crippen LogP contribution in [0.2, 0.25) is 0 Å². The van der Waals surface area contributed by atoms with Crippen molar-refractivity contribution >= 4 is 33.3 Å². The predicted octanol–water partition coefficient (Wildman–Crippen LogP) is 2.53. The van der Waals surface area contributed by atoms with Crippen LogP contribution < -0.4 is 14.9 Å². The molecule has 3 rings (SSSR count). The first kappa shape index (κ1) is 25.5. The van der Waals surface area contributed by atoms with Crippen LogP contribution >= 0.6 is 0 Å². The summed E-state index contributed by atoms with van der Waals surface area (Å²) in [5.41, 5.74) is 1.16. The second-order valence-electron chi connectivity index (χ2n) is 8.37. The first-order chi connectivity index (χ1) is 16.2. The van der Waals surface area contributed by atoms with E-state index >= 15 is 0 Å². The lowest BCUT2D eigenvalue weighted by molar-refractivity contribution is -0.122. The predicted molar refractivity (Wildman–Crippen MR) is 132 cm³/mol. The average molecular weight is 489 g/mol. The fraction of sp³-hybridized carbons (Fsp3) is 0.417. The lowest BCUT2D eigenvalue weighted by Crippen LogP contribution is -2.49. The Labute approximate surface area is 200 Å². The van der Waals surface area contributed by atoms with Crippen molar-refractivity contribution in [2.24, 2.45) is 0 Å². The quantitative estimate of drug-likeness (QED) is 0.440. The van der Waals surface area contributed by atoms with Gasteiger partial charge in [0.15, 0.2) is 0 Å². The van der Waals surface area contributed by atoms with Crippen LogP contribution in [0.5, 0.6) is 0 Å². The number of anilines is 2. The second-order valence-corrected chi connectivity index (χ2v) is 10.0. The molecular weight excluding hydrogens is 456 g/mol. The van der Waals surface area contributed by atoms with E-state index in [1.54, 1.807) is 31.2 Å². The molecule has 1 aliphatic rings. The number of hydrogen-bond acceptors (Lipinski definition) is 6.